The van der Waals surface area contributed by atoms with E-state index in [1.807, 2.05) is 43.3 Å². The molecule has 1 aliphatic heterocycles. The number of carbonyl (C=O) groups excluding carboxylic acids is 2. The highest BCUT2D eigenvalue weighted by Gasteiger charge is 2.43. The topological polar surface area (TPSA) is 71.8 Å². The van der Waals surface area contributed by atoms with Crippen LogP contribution in [0.2, 0.25) is 0 Å². The van der Waals surface area contributed by atoms with Gasteiger partial charge in [-0.25, -0.2) is 4.79 Å². The Balaban J connectivity index is 1.75. The maximum atomic E-state index is 12.7. The second-order valence-electron chi connectivity index (χ2n) is 6.53. The first-order valence-corrected chi connectivity index (χ1v) is 8.26. The molecule has 6 nitrogen and oxygen atoms in total. The molecule has 0 spiro atoms. The van der Waals surface area contributed by atoms with Crippen LogP contribution >= 0.6 is 0 Å². The summed E-state index contributed by atoms with van der Waals surface area (Å²) in [5.41, 5.74) is 0.277. The highest BCUT2D eigenvalue weighted by molar-refractivity contribution is 5.81. The molecule has 0 saturated carbocycles. The predicted octanol–water partition coefficient (Wildman–Crippen LogP) is 2.96. The van der Waals surface area contributed by atoms with Crippen LogP contribution < -0.4 is 5.32 Å². The van der Waals surface area contributed by atoms with E-state index in [2.05, 4.69) is 5.32 Å². The summed E-state index contributed by atoms with van der Waals surface area (Å²) < 4.78 is 10.4. The minimum Gasteiger partial charge on any atom is -0.469 e. The number of benzene rings is 1. The first-order chi connectivity index (χ1) is 12.0. The van der Waals surface area contributed by atoms with E-state index in [9.17, 15) is 9.59 Å². The fourth-order valence-electron chi connectivity index (χ4n) is 3.18. The van der Waals surface area contributed by atoms with Crippen LogP contribution in [0.3, 0.4) is 0 Å². The lowest BCUT2D eigenvalue weighted by Gasteiger charge is -2.24. The maximum Gasteiger partial charge on any atom is 0.318 e. The van der Waals surface area contributed by atoms with E-state index in [0.29, 0.717) is 25.3 Å². The quantitative estimate of drug-likeness (QED) is 0.867. The minimum absolute atomic E-state index is 0.224. The van der Waals surface area contributed by atoms with Gasteiger partial charge in [0.25, 0.3) is 0 Å². The first kappa shape index (κ1) is 17.1. The van der Waals surface area contributed by atoms with Gasteiger partial charge in [0.2, 0.25) is 0 Å². The predicted molar refractivity (Wildman–Crippen MR) is 91.8 cm³/mol. The van der Waals surface area contributed by atoms with Crippen LogP contribution in [0.4, 0.5) is 4.79 Å². The van der Waals surface area contributed by atoms with E-state index >= 15 is 0 Å². The molecule has 0 radical (unpaired) electrons. The SMILES string of the molecule is COC(=O)C1(C)CCN(C(=O)NC(c2ccccc2)c2ccco2)C1. The lowest BCUT2D eigenvalue weighted by molar-refractivity contribution is -0.150. The van der Waals surface area contributed by atoms with Crippen LogP contribution in [0.25, 0.3) is 0 Å². The molecule has 2 amide bonds. The number of hydrogen-bond donors (Lipinski definition) is 1. The van der Waals surface area contributed by atoms with Crippen molar-refractivity contribution in [3.05, 3.63) is 60.1 Å². The number of methoxy groups -OCH3 is 1. The summed E-state index contributed by atoms with van der Waals surface area (Å²) in [7, 11) is 1.37. The number of nitrogens with one attached hydrogen (secondary N) is 1. The summed E-state index contributed by atoms with van der Waals surface area (Å²) in [4.78, 5) is 26.3. The standard InChI is InChI=1S/C19H22N2O4/c1-19(17(22)24-2)10-11-21(13-19)18(23)20-16(15-9-6-12-25-15)14-7-4-3-5-8-14/h3-9,12,16H,10-11,13H2,1-2H3,(H,20,23). The number of likely N-dealkylation sites (tertiary alicyclic amines) is 1. The summed E-state index contributed by atoms with van der Waals surface area (Å²) in [5.74, 6) is 0.378. The molecule has 2 heterocycles. The summed E-state index contributed by atoms with van der Waals surface area (Å²) >= 11 is 0. The van der Waals surface area contributed by atoms with Crippen molar-refractivity contribution in [2.24, 2.45) is 5.41 Å². The van der Waals surface area contributed by atoms with Crippen molar-refractivity contribution in [2.75, 3.05) is 20.2 Å². The lowest BCUT2D eigenvalue weighted by atomic mass is 9.90. The molecule has 6 heteroatoms. The molecule has 1 fully saturated rings. The van der Waals surface area contributed by atoms with Crippen molar-refractivity contribution >= 4 is 12.0 Å². The maximum absolute atomic E-state index is 12.7. The highest BCUT2D eigenvalue weighted by Crippen LogP contribution is 2.32. The van der Waals surface area contributed by atoms with E-state index in [4.69, 9.17) is 9.15 Å². The molecule has 1 aromatic heterocycles. The number of nitrogens with zero attached hydrogens (tertiary/aromatic N) is 1. The van der Waals surface area contributed by atoms with Crippen LogP contribution in [-0.2, 0) is 9.53 Å². The number of carbonyl (C=O) groups is 2. The Kier molecular flexibility index (Phi) is 4.79. The Morgan fingerprint density at radius 1 is 1.24 bits per heavy atom. The van der Waals surface area contributed by atoms with Crippen molar-refractivity contribution in [3.63, 3.8) is 0 Å². The van der Waals surface area contributed by atoms with Crippen molar-refractivity contribution in [3.8, 4) is 0 Å². The number of hydrogen-bond acceptors (Lipinski definition) is 4. The molecule has 2 unspecified atom stereocenters. The zero-order valence-electron chi connectivity index (χ0n) is 14.4. The summed E-state index contributed by atoms with van der Waals surface area (Å²) in [6, 6.07) is 12.7. The molecule has 0 bridgehead atoms. The van der Waals surface area contributed by atoms with Gasteiger partial charge in [-0.05, 0) is 31.0 Å². The molecule has 1 aromatic carbocycles. The fourth-order valence-corrected chi connectivity index (χ4v) is 3.18. The molecule has 0 aliphatic carbocycles. The third-order valence-corrected chi connectivity index (χ3v) is 4.67. The molecule has 25 heavy (non-hydrogen) atoms. The van der Waals surface area contributed by atoms with Crippen molar-refractivity contribution in [1.82, 2.24) is 10.2 Å². The zero-order chi connectivity index (χ0) is 17.9. The van der Waals surface area contributed by atoms with Crippen LogP contribution in [0.5, 0.6) is 0 Å². The van der Waals surface area contributed by atoms with Crippen molar-refractivity contribution in [1.29, 1.82) is 0 Å². The summed E-state index contributed by atoms with van der Waals surface area (Å²) in [6.45, 7) is 2.68. The van der Waals surface area contributed by atoms with Gasteiger partial charge in [0.05, 0.1) is 18.8 Å². The summed E-state index contributed by atoms with van der Waals surface area (Å²) in [6.07, 6.45) is 2.17. The minimum atomic E-state index is -0.654. The van der Waals surface area contributed by atoms with Gasteiger partial charge < -0.3 is 19.4 Å². The van der Waals surface area contributed by atoms with Crippen LogP contribution in [0, 0.1) is 5.41 Å². The molecule has 1 N–H and O–H groups in total. The number of ether oxygens (including phenoxy) is 1. The van der Waals surface area contributed by atoms with Crippen LogP contribution in [0.15, 0.2) is 53.1 Å². The van der Waals surface area contributed by atoms with E-state index in [1.54, 1.807) is 17.2 Å². The third kappa shape index (κ3) is 3.52. The summed E-state index contributed by atoms with van der Waals surface area (Å²) in [5, 5.41) is 3.01. The average Bonchev–Trinajstić information content (AvgIpc) is 3.30. The van der Waals surface area contributed by atoms with Crippen LogP contribution in [0.1, 0.15) is 30.7 Å². The second kappa shape index (κ2) is 7.01. The van der Waals surface area contributed by atoms with Gasteiger partial charge >= 0.3 is 12.0 Å². The second-order valence-corrected chi connectivity index (χ2v) is 6.53. The molecular formula is C19H22N2O4. The number of amides is 2. The van der Waals surface area contributed by atoms with Crippen molar-refractivity contribution < 1.29 is 18.7 Å². The first-order valence-electron chi connectivity index (χ1n) is 8.26. The monoisotopic (exact) mass is 342 g/mol. The van der Waals surface area contributed by atoms with E-state index in [0.717, 1.165) is 5.56 Å². The number of esters is 1. The highest BCUT2D eigenvalue weighted by atomic mass is 16.5. The van der Waals surface area contributed by atoms with Gasteiger partial charge in [-0.3, -0.25) is 4.79 Å². The average molecular weight is 342 g/mol. The van der Waals surface area contributed by atoms with Gasteiger partial charge in [0, 0.05) is 13.1 Å². The van der Waals surface area contributed by atoms with Crippen LogP contribution in [-0.4, -0.2) is 37.1 Å². The molecule has 132 valence electrons. The molecular weight excluding hydrogens is 320 g/mol. The normalized spacial score (nSPS) is 21.0. The Labute approximate surface area is 146 Å². The number of rotatable bonds is 4. The largest absolute Gasteiger partial charge is 0.469 e. The van der Waals surface area contributed by atoms with E-state index in [-0.39, 0.29) is 18.0 Å². The third-order valence-electron chi connectivity index (χ3n) is 4.67. The molecule has 3 rings (SSSR count). The fraction of sp³-hybridized carbons (Fsp3) is 0.368. The van der Waals surface area contributed by atoms with Gasteiger partial charge in [0.15, 0.2) is 0 Å². The van der Waals surface area contributed by atoms with Gasteiger partial charge in [-0.15, -0.1) is 0 Å². The smallest absolute Gasteiger partial charge is 0.318 e. The molecule has 2 aromatic rings. The molecule has 1 aliphatic rings. The van der Waals surface area contributed by atoms with Crippen molar-refractivity contribution in [2.45, 2.75) is 19.4 Å². The van der Waals surface area contributed by atoms with E-state index in [1.165, 1.54) is 7.11 Å². The molecule has 1 saturated heterocycles. The van der Waals surface area contributed by atoms with E-state index < -0.39 is 5.41 Å². The Bertz CT molecular complexity index is 729. The van der Waals surface area contributed by atoms with Gasteiger partial charge in [-0.1, -0.05) is 30.3 Å². The Hall–Kier alpha value is -2.76. The molecule has 2 atom stereocenters. The lowest BCUT2D eigenvalue weighted by Crippen LogP contribution is -2.42. The Morgan fingerprint density at radius 2 is 2.00 bits per heavy atom. The Morgan fingerprint density at radius 3 is 2.64 bits per heavy atom. The van der Waals surface area contributed by atoms with Gasteiger partial charge in [-0.2, -0.15) is 0 Å². The number of urea groups is 1. The zero-order valence-corrected chi connectivity index (χ0v) is 14.4. The van der Waals surface area contributed by atoms with Gasteiger partial charge in [0.1, 0.15) is 11.8 Å². The number of furan rings is 1.